The normalized spacial score (nSPS) is 25.1. The molecule has 1 heterocycles. The Morgan fingerprint density at radius 2 is 2.25 bits per heavy atom. The van der Waals surface area contributed by atoms with Gasteiger partial charge in [0, 0.05) is 12.2 Å². The van der Waals surface area contributed by atoms with Crippen LogP contribution < -0.4 is 16.4 Å². The van der Waals surface area contributed by atoms with Crippen molar-refractivity contribution in [1.29, 1.82) is 0 Å². The lowest BCUT2D eigenvalue weighted by Gasteiger charge is -2.26. The van der Waals surface area contributed by atoms with Crippen LogP contribution in [-0.4, -0.2) is 23.7 Å². The van der Waals surface area contributed by atoms with E-state index in [-0.39, 0.29) is 12.0 Å². The molecule has 0 spiro atoms. The van der Waals surface area contributed by atoms with E-state index in [1.165, 1.54) is 0 Å². The summed E-state index contributed by atoms with van der Waals surface area (Å²) in [7, 11) is 0. The Bertz CT molecular complexity index is 530. The first kappa shape index (κ1) is 13.2. The lowest BCUT2D eigenvalue weighted by Crippen LogP contribution is -2.25. The molecule has 20 heavy (non-hydrogen) atoms. The Morgan fingerprint density at radius 3 is 3.05 bits per heavy atom. The van der Waals surface area contributed by atoms with Gasteiger partial charge in [0.05, 0.1) is 23.9 Å². The van der Waals surface area contributed by atoms with E-state index < -0.39 is 0 Å². The minimum atomic E-state index is -0.160. The number of nitrogens with two attached hydrogens (primary N) is 1. The Kier molecular flexibility index (Phi) is 3.53. The van der Waals surface area contributed by atoms with Gasteiger partial charge in [0.15, 0.2) is 0 Å². The summed E-state index contributed by atoms with van der Waals surface area (Å²) in [5.41, 5.74) is 9.40. The van der Waals surface area contributed by atoms with Crippen molar-refractivity contribution in [3.05, 3.63) is 17.7 Å². The van der Waals surface area contributed by atoms with E-state index in [9.17, 15) is 9.90 Å². The third kappa shape index (κ3) is 2.72. The monoisotopic (exact) mass is 275 g/mol. The lowest BCUT2D eigenvalue weighted by atomic mass is 9.87. The molecule has 2 aliphatic rings. The molecule has 0 aromatic heterocycles. The highest BCUT2D eigenvalue weighted by molar-refractivity contribution is 6.00. The van der Waals surface area contributed by atoms with Crippen LogP contribution in [0.5, 0.6) is 0 Å². The second-order valence-electron chi connectivity index (χ2n) is 5.89. The topological polar surface area (TPSA) is 87.4 Å². The lowest BCUT2D eigenvalue weighted by molar-refractivity contribution is -0.115. The largest absolute Gasteiger partial charge is 0.397 e. The summed E-state index contributed by atoms with van der Waals surface area (Å²) in [4.78, 5) is 11.4. The highest BCUT2D eigenvalue weighted by atomic mass is 16.3. The van der Waals surface area contributed by atoms with Crippen LogP contribution in [-0.2, 0) is 11.2 Å². The van der Waals surface area contributed by atoms with Gasteiger partial charge in [-0.3, -0.25) is 4.79 Å². The van der Waals surface area contributed by atoms with Gasteiger partial charge >= 0.3 is 0 Å². The number of fused-ring (bicyclic) bond motifs is 1. The van der Waals surface area contributed by atoms with Crippen molar-refractivity contribution in [1.82, 2.24) is 0 Å². The number of amides is 1. The SMILES string of the molecule is Nc1cc2c(cc1NCC1CCCC(O)C1)NC(=O)C2. The molecule has 1 saturated carbocycles. The van der Waals surface area contributed by atoms with E-state index >= 15 is 0 Å². The van der Waals surface area contributed by atoms with Gasteiger partial charge in [-0.1, -0.05) is 6.42 Å². The molecule has 1 amide bonds. The van der Waals surface area contributed by atoms with Gasteiger partial charge in [-0.25, -0.2) is 0 Å². The highest BCUT2D eigenvalue weighted by Crippen LogP contribution is 2.32. The number of aliphatic hydroxyl groups excluding tert-OH is 1. The van der Waals surface area contributed by atoms with Crippen LogP contribution in [0.15, 0.2) is 12.1 Å². The molecule has 0 bridgehead atoms. The summed E-state index contributed by atoms with van der Waals surface area (Å²) in [5.74, 6) is 0.507. The molecule has 3 rings (SSSR count). The molecule has 2 unspecified atom stereocenters. The van der Waals surface area contributed by atoms with Crippen molar-refractivity contribution in [2.24, 2.45) is 5.92 Å². The Hall–Kier alpha value is -1.75. The van der Waals surface area contributed by atoms with E-state index in [1.54, 1.807) is 0 Å². The second kappa shape index (κ2) is 5.32. The molecule has 1 aromatic carbocycles. The summed E-state index contributed by atoms with van der Waals surface area (Å²) in [5, 5.41) is 15.9. The van der Waals surface area contributed by atoms with Crippen LogP contribution in [0.2, 0.25) is 0 Å². The van der Waals surface area contributed by atoms with Crippen molar-refractivity contribution in [2.75, 3.05) is 22.9 Å². The van der Waals surface area contributed by atoms with Gasteiger partial charge in [-0.2, -0.15) is 0 Å². The fraction of sp³-hybridized carbons (Fsp3) is 0.533. The first-order valence-electron chi connectivity index (χ1n) is 7.26. The first-order valence-corrected chi connectivity index (χ1v) is 7.26. The zero-order valence-electron chi connectivity index (χ0n) is 11.5. The van der Waals surface area contributed by atoms with Crippen LogP contribution in [0.1, 0.15) is 31.2 Å². The van der Waals surface area contributed by atoms with Gasteiger partial charge in [-0.05, 0) is 42.9 Å². The molecule has 5 heteroatoms. The third-order valence-corrected chi connectivity index (χ3v) is 4.24. The third-order valence-electron chi connectivity index (χ3n) is 4.24. The van der Waals surface area contributed by atoms with Crippen LogP contribution in [0.4, 0.5) is 17.1 Å². The minimum Gasteiger partial charge on any atom is -0.397 e. The van der Waals surface area contributed by atoms with Crippen LogP contribution in [0, 0.1) is 5.92 Å². The summed E-state index contributed by atoms with van der Waals surface area (Å²) >= 11 is 0. The molecule has 0 saturated heterocycles. The zero-order chi connectivity index (χ0) is 14.1. The van der Waals surface area contributed by atoms with E-state index in [4.69, 9.17) is 5.73 Å². The van der Waals surface area contributed by atoms with Crippen molar-refractivity contribution >= 4 is 23.0 Å². The van der Waals surface area contributed by atoms with Crippen molar-refractivity contribution < 1.29 is 9.90 Å². The molecule has 1 aliphatic heterocycles. The van der Waals surface area contributed by atoms with E-state index in [1.807, 2.05) is 12.1 Å². The number of rotatable bonds is 3. The molecule has 108 valence electrons. The number of carbonyl (C=O) groups excluding carboxylic acids is 1. The van der Waals surface area contributed by atoms with E-state index in [0.29, 0.717) is 18.0 Å². The standard InChI is InChI=1S/C15H21N3O2/c16-12-5-10-6-15(20)18-13(10)7-14(12)17-8-9-2-1-3-11(19)4-9/h5,7,9,11,17,19H,1-4,6,8,16H2,(H,18,20). The molecule has 0 radical (unpaired) electrons. The molecular formula is C15H21N3O2. The van der Waals surface area contributed by atoms with Gasteiger partial charge in [-0.15, -0.1) is 0 Å². The number of aliphatic hydroxyl groups is 1. The van der Waals surface area contributed by atoms with Gasteiger partial charge in [0.25, 0.3) is 0 Å². The zero-order valence-corrected chi connectivity index (χ0v) is 11.5. The predicted octanol–water partition coefficient (Wildman–Crippen LogP) is 1.73. The number of nitrogens with one attached hydrogen (secondary N) is 2. The van der Waals surface area contributed by atoms with Gasteiger partial charge < -0.3 is 21.5 Å². The number of benzene rings is 1. The highest BCUT2D eigenvalue weighted by Gasteiger charge is 2.22. The molecule has 1 aromatic rings. The van der Waals surface area contributed by atoms with E-state index in [2.05, 4.69) is 10.6 Å². The molecule has 1 fully saturated rings. The average Bonchev–Trinajstić information content (AvgIpc) is 2.75. The minimum absolute atomic E-state index is 0.0203. The second-order valence-corrected chi connectivity index (χ2v) is 5.89. The van der Waals surface area contributed by atoms with Gasteiger partial charge in [0.1, 0.15) is 0 Å². The number of carbonyl (C=O) groups is 1. The average molecular weight is 275 g/mol. The number of hydrogen-bond acceptors (Lipinski definition) is 4. The van der Waals surface area contributed by atoms with Gasteiger partial charge in [0.2, 0.25) is 5.91 Å². The van der Waals surface area contributed by atoms with Crippen molar-refractivity contribution in [3.8, 4) is 0 Å². The molecule has 5 N–H and O–H groups in total. The first-order chi connectivity index (χ1) is 9.61. The predicted molar refractivity (Wildman–Crippen MR) is 79.6 cm³/mol. The molecule has 2 atom stereocenters. The van der Waals surface area contributed by atoms with E-state index in [0.717, 1.165) is 49.2 Å². The summed E-state index contributed by atoms with van der Waals surface area (Å²) in [6.07, 6.45) is 4.26. The molecule has 1 aliphatic carbocycles. The molecule has 5 nitrogen and oxygen atoms in total. The maximum Gasteiger partial charge on any atom is 0.228 e. The molecular weight excluding hydrogens is 254 g/mol. The van der Waals surface area contributed by atoms with Crippen molar-refractivity contribution in [2.45, 2.75) is 38.2 Å². The number of anilines is 3. The maximum absolute atomic E-state index is 11.4. The van der Waals surface area contributed by atoms with Crippen molar-refractivity contribution in [3.63, 3.8) is 0 Å². The summed E-state index contributed by atoms with van der Waals surface area (Å²) in [6.45, 7) is 0.813. The Morgan fingerprint density at radius 1 is 1.40 bits per heavy atom. The smallest absolute Gasteiger partial charge is 0.228 e. The maximum atomic E-state index is 11.4. The van der Waals surface area contributed by atoms with Crippen LogP contribution >= 0.6 is 0 Å². The Balaban J connectivity index is 1.66. The fourth-order valence-electron chi connectivity index (χ4n) is 3.15. The number of nitrogen functional groups attached to an aromatic ring is 1. The fourth-order valence-corrected chi connectivity index (χ4v) is 3.15. The Labute approximate surface area is 118 Å². The van der Waals surface area contributed by atoms with Crippen LogP contribution in [0.3, 0.4) is 0 Å². The summed E-state index contributed by atoms with van der Waals surface area (Å²) in [6, 6.07) is 3.78. The van der Waals surface area contributed by atoms with Crippen LogP contribution in [0.25, 0.3) is 0 Å². The summed E-state index contributed by atoms with van der Waals surface area (Å²) < 4.78 is 0. The quantitative estimate of drug-likeness (QED) is 0.633. The number of hydrogen-bond donors (Lipinski definition) is 4.